The fraction of sp³-hybridized carbons (Fsp3) is 0.542. The number of rotatable bonds is 8. The quantitative estimate of drug-likeness (QED) is 0.583. The number of nitrogens with one attached hydrogen (secondary N) is 2. The van der Waals surface area contributed by atoms with E-state index in [2.05, 4.69) is 17.6 Å². The molecule has 0 saturated heterocycles. The maximum Gasteiger partial charge on any atom is 0.338 e. The smallest absolute Gasteiger partial charge is 0.338 e. The molecule has 7 heteroatoms. The minimum atomic E-state index is -0.608. The molecule has 1 aliphatic rings. The molecule has 3 amide bonds. The Labute approximate surface area is 185 Å². The van der Waals surface area contributed by atoms with Crippen molar-refractivity contribution >= 4 is 23.6 Å². The van der Waals surface area contributed by atoms with E-state index in [4.69, 9.17) is 4.74 Å². The number of hydrogen-bond donors (Lipinski definition) is 2. The number of urea groups is 1. The summed E-state index contributed by atoms with van der Waals surface area (Å²) in [5.41, 5.74) is 2.37. The SMILES string of the molecule is CCCCN1C(=O)NC(c2ccc(NC(=O)CC(C)(C)C)cc2)C(C(=O)OCC)=C1C. The van der Waals surface area contributed by atoms with Gasteiger partial charge in [0.25, 0.3) is 0 Å². The molecule has 1 aromatic carbocycles. The largest absolute Gasteiger partial charge is 0.463 e. The van der Waals surface area contributed by atoms with Gasteiger partial charge in [-0.25, -0.2) is 9.59 Å². The molecule has 0 saturated carbocycles. The summed E-state index contributed by atoms with van der Waals surface area (Å²) in [4.78, 5) is 39.3. The van der Waals surface area contributed by atoms with Gasteiger partial charge in [0.15, 0.2) is 0 Å². The van der Waals surface area contributed by atoms with E-state index in [9.17, 15) is 14.4 Å². The molecule has 1 atom stereocenters. The molecule has 2 N–H and O–H groups in total. The molecule has 1 unspecified atom stereocenters. The van der Waals surface area contributed by atoms with E-state index >= 15 is 0 Å². The number of hydrogen-bond acceptors (Lipinski definition) is 4. The Hall–Kier alpha value is -2.83. The summed E-state index contributed by atoms with van der Waals surface area (Å²) in [6, 6.07) is 6.35. The van der Waals surface area contributed by atoms with Gasteiger partial charge in [0.1, 0.15) is 0 Å². The Morgan fingerprint density at radius 2 is 1.81 bits per heavy atom. The standard InChI is InChI=1S/C24H35N3O4/c1-7-9-14-27-16(3)20(22(29)31-8-2)21(26-23(27)30)17-10-12-18(13-11-17)25-19(28)15-24(4,5)6/h10-13,21H,7-9,14-15H2,1-6H3,(H,25,28)(H,26,30). The van der Waals surface area contributed by atoms with Gasteiger partial charge in [-0.05, 0) is 43.4 Å². The van der Waals surface area contributed by atoms with E-state index in [-0.39, 0.29) is 24.0 Å². The van der Waals surface area contributed by atoms with Crippen LogP contribution in [-0.4, -0.2) is 36.0 Å². The zero-order valence-electron chi connectivity index (χ0n) is 19.5. The predicted molar refractivity (Wildman–Crippen MR) is 121 cm³/mol. The van der Waals surface area contributed by atoms with Crippen molar-refractivity contribution in [1.82, 2.24) is 10.2 Å². The molecule has 31 heavy (non-hydrogen) atoms. The summed E-state index contributed by atoms with van der Waals surface area (Å²) < 4.78 is 5.28. The van der Waals surface area contributed by atoms with Crippen molar-refractivity contribution in [3.05, 3.63) is 41.1 Å². The second-order valence-corrected chi connectivity index (χ2v) is 9.01. The van der Waals surface area contributed by atoms with Gasteiger partial charge in [-0.15, -0.1) is 0 Å². The van der Waals surface area contributed by atoms with Gasteiger partial charge >= 0.3 is 12.0 Å². The summed E-state index contributed by atoms with van der Waals surface area (Å²) >= 11 is 0. The molecule has 1 aliphatic heterocycles. The third-order valence-electron chi connectivity index (χ3n) is 5.05. The lowest BCUT2D eigenvalue weighted by atomic mass is 9.92. The average Bonchev–Trinajstić information content (AvgIpc) is 2.66. The monoisotopic (exact) mass is 429 g/mol. The first kappa shape index (κ1) is 24.4. The Morgan fingerprint density at radius 1 is 1.16 bits per heavy atom. The highest BCUT2D eigenvalue weighted by molar-refractivity contribution is 5.95. The first-order chi connectivity index (χ1) is 14.6. The molecule has 0 spiro atoms. The van der Waals surface area contributed by atoms with Crippen LogP contribution in [0.25, 0.3) is 0 Å². The van der Waals surface area contributed by atoms with Gasteiger partial charge in [0, 0.05) is 24.4 Å². The topological polar surface area (TPSA) is 87.7 Å². The molecule has 0 bridgehead atoms. The second kappa shape index (κ2) is 10.5. The number of amides is 3. The normalized spacial score (nSPS) is 16.8. The van der Waals surface area contributed by atoms with E-state index in [0.717, 1.165) is 18.4 Å². The third kappa shape index (κ3) is 6.57. The molecule has 2 rings (SSSR count). The van der Waals surface area contributed by atoms with Gasteiger partial charge in [0.2, 0.25) is 5.91 Å². The van der Waals surface area contributed by atoms with Crippen LogP contribution in [0.4, 0.5) is 10.5 Å². The molecule has 1 aromatic rings. The molecule has 0 radical (unpaired) electrons. The Bertz CT molecular complexity index is 837. The van der Waals surface area contributed by atoms with Crippen LogP contribution >= 0.6 is 0 Å². The first-order valence-electron chi connectivity index (χ1n) is 10.9. The fourth-order valence-electron chi connectivity index (χ4n) is 3.54. The Kier molecular flexibility index (Phi) is 8.25. The molecule has 1 heterocycles. The third-order valence-corrected chi connectivity index (χ3v) is 5.05. The number of ether oxygens (including phenoxy) is 1. The number of carbonyl (C=O) groups excluding carboxylic acids is 3. The maximum atomic E-state index is 12.7. The lowest BCUT2D eigenvalue weighted by Gasteiger charge is -2.35. The molecular weight excluding hydrogens is 394 g/mol. The van der Waals surface area contributed by atoms with E-state index < -0.39 is 12.0 Å². The molecular formula is C24H35N3O4. The highest BCUT2D eigenvalue weighted by Gasteiger charge is 2.36. The van der Waals surface area contributed by atoms with Crippen LogP contribution in [0.15, 0.2) is 35.5 Å². The van der Waals surface area contributed by atoms with Crippen LogP contribution in [0.2, 0.25) is 0 Å². The van der Waals surface area contributed by atoms with Gasteiger partial charge < -0.3 is 15.4 Å². The van der Waals surface area contributed by atoms with E-state index in [1.807, 2.05) is 32.9 Å². The highest BCUT2D eigenvalue weighted by Crippen LogP contribution is 2.32. The van der Waals surface area contributed by atoms with Gasteiger partial charge in [-0.2, -0.15) is 0 Å². The van der Waals surface area contributed by atoms with Crippen molar-refractivity contribution in [3.63, 3.8) is 0 Å². The molecule has 0 fully saturated rings. The number of unbranched alkanes of at least 4 members (excludes halogenated alkanes) is 1. The van der Waals surface area contributed by atoms with Crippen LogP contribution in [0.5, 0.6) is 0 Å². The number of anilines is 1. The second-order valence-electron chi connectivity index (χ2n) is 9.01. The van der Waals surface area contributed by atoms with Crippen molar-refractivity contribution in [2.24, 2.45) is 5.41 Å². The number of allylic oxidation sites excluding steroid dienone is 1. The Balaban J connectivity index is 2.30. The predicted octanol–water partition coefficient (Wildman–Crippen LogP) is 4.76. The van der Waals surface area contributed by atoms with Crippen LogP contribution in [0.3, 0.4) is 0 Å². The summed E-state index contributed by atoms with van der Waals surface area (Å²) in [5, 5.41) is 5.84. The summed E-state index contributed by atoms with van der Waals surface area (Å²) in [5.74, 6) is -0.491. The lowest BCUT2D eigenvalue weighted by Crippen LogP contribution is -2.48. The summed E-state index contributed by atoms with van der Waals surface area (Å²) in [7, 11) is 0. The lowest BCUT2D eigenvalue weighted by molar-refractivity contribution is -0.139. The van der Waals surface area contributed by atoms with Crippen molar-refractivity contribution in [1.29, 1.82) is 0 Å². The van der Waals surface area contributed by atoms with Crippen molar-refractivity contribution in [3.8, 4) is 0 Å². The van der Waals surface area contributed by atoms with E-state index in [1.54, 1.807) is 30.9 Å². The molecule has 170 valence electrons. The van der Waals surface area contributed by atoms with Crippen LogP contribution < -0.4 is 10.6 Å². The number of nitrogens with zero attached hydrogens (tertiary/aromatic N) is 1. The maximum absolute atomic E-state index is 12.7. The molecule has 0 aliphatic carbocycles. The van der Waals surface area contributed by atoms with Gasteiger partial charge in [0.05, 0.1) is 18.2 Å². The number of esters is 1. The first-order valence-corrected chi connectivity index (χ1v) is 10.9. The molecule has 0 aromatic heterocycles. The van der Waals surface area contributed by atoms with Crippen molar-refractivity contribution < 1.29 is 19.1 Å². The average molecular weight is 430 g/mol. The van der Waals surface area contributed by atoms with Crippen molar-refractivity contribution in [2.75, 3.05) is 18.5 Å². The van der Waals surface area contributed by atoms with Crippen LogP contribution in [-0.2, 0) is 14.3 Å². The summed E-state index contributed by atoms with van der Waals surface area (Å²) in [6.07, 6.45) is 2.20. The van der Waals surface area contributed by atoms with E-state index in [1.165, 1.54) is 0 Å². The number of benzene rings is 1. The Morgan fingerprint density at radius 3 is 2.35 bits per heavy atom. The number of carbonyl (C=O) groups is 3. The van der Waals surface area contributed by atoms with Gasteiger partial charge in [-0.3, -0.25) is 9.69 Å². The van der Waals surface area contributed by atoms with Gasteiger partial charge in [-0.1, -0.05) is 46.2 Å². The van der Waals surface area contributed by atoms with E-state index in [0.29, 0.717) is 29.9 Å². The zero-order chi connectivity index (χ0) is 23.2. The van der Waals surface area contributed by atoms with Crippen molar-refractivity contribution in [2.45, 2.75) is 66.8 Å². The molecule has 7 nitrogen and oxygen atoms in total. The zero-order valence-corrected chi connectivity index (χ0v) is 19.5. The summed E-state index contributed by atoms with van der Waals surface area (Å²) in [6.45, 7) is 12.4. The minimum Gasteiger partial charge on any atom is -0.463 e. The minimum absolute atomic E-state index is 0.0549. The fourth-order valence-corrected chi connectivity index (χ4v) is 3.54. The van der Waals surface area contributed by atoms with Crippen LogP contribution in [0, 0.1) is 5.41 Å². The van der Waals surface area contributed by atoms with Crippen LogP contribution in [0.1, 0.15) is 72.4 Å². The highest BCUT2D eigenvalue weighted by atomic mass is 16.5.